The third-order valence-corrected chi connectivity index (χ3v) is 6.09. The Morgan fingerprint density at radius 3 is 2.53 bits per heavy atom. The number of likely N-dealkylation sites (tertiary alicyclic amines) is 1. The van der Waals surface area contributed by atoms with Gasteiger partial charge in [0.25, 0.3) is 0 Å². The van der Waals surface area contributed by atoms with E-state index in [1.807, 2.05) is 6.26 Å². The maximum absolute atomic E-state index is 10.2. The summed E-state index contributed by atoms with van der Waals surface area (Å²) in [6, 6.07) is 2.47. The number of rotatable bonds is 5. The van der Waals surface area contributed by atoms with E-state index in [9.17, 15) is 10.4 Å². The van der Waals surface area contributed by atoms with Gasteiger partial charge in [-0.1, -0.05) is 25.7 Å². The van der Waals surface area contributed by atoms with Gasteiger partial charge in [-0.2, -0.15) is 5.26 Å². The van der Waals surface area contributed by atoms with Crippen LogP contribution in [-0.2, 0) is 0 Å². The van der Waals surface area contributed by atoms with Gasteiger partial charge in [-0.25, -0.2) is 0 Å². The fourth-order valence-corrected chi connectivity index (χ4v) is 4.14. The van der Waals surface area contributed by atoms with Crippen LogP contribution >= 0.6 is 11.8 Å². The molecule has 0 aromatic heterocycles. The van der Waals surface area contributed by atoms with Gasteiger partial charge in [0.05, 0.1) is 12.2 Å². The summed E-state index contributed by atoms with van der Waals surface area (Å²) in [4.78, 5) is 2.34. The minimum absolute atomic E-state index is 0.174. The van der Waals surface area contributed by atoms with Crippen LogP contribution in [-0.4, -0.2) is 46.7 Å². The SMILES string of the molecule is CSC1(C#N)CCN(CC(O)CC2CCCC2)CC1. The van der Waals surface area contributed by atoms with Crippen molar-refractivity contribution in [3.63, 3.8) is 0 Å². The maximum atomic E-state index is 10.2. The molecule has 1 saturated carbocycles. The lowest BCUT2D eigenvalue weighted by Crippen LogP contribution is -2.44. The molecule has 3 nitrogen and oxygen atoms in total. The topological polar surface area (TPSA) is 47.3 Å². The molecule has 2 fully saturated rings. The molecule has 19 heavy (non-hydrogen) atoms. The number of β-amino-alcohol motifs (C(OH)–C–C–N with tert-alkyl or cyclic N) is 1. The summed E-state index contributed by atoms with van der Waals surface area (Å²) in [6.07, 6.45) is 10.0. The van der Waals surface area contributed by atoms with E-state index in [4.69, 9.17) is 0 Å². The molecule has 2 rings (SSSR count). The third kappa shape index (κ3) is 4.11. The molecule has 0 aromatic carbocycles. The largest absolute Gasteiger partial charge is 0.392 e. The lowest BCUT2D eigenvalue weighted by atomic mass is 9.95. The van der Waals surface area contributed by atoms with Gasteiger partial charge < -0.3 is 10.0 Å². The average molecular weight is 282 g/mol. The van der Waals surface area contributed by atoms with Crippen LogP contribution in [0.2, 0.25) is 0 Å². The van der Waals surface area contributed by atoms with Crippen LogP contribution < -0.4 is 0 Å². The van der Waals surface area contributed by atoms with Crippen LogP contribution in [0.3, 0.4) is 0 Å². The number of piperidine rings is 1. The molecule has 0 amide bonds. The van der Waals surface area contributed by atoms with Crippen LogP contribution in [0, 0.1) is 17.2 Å². The molecule has 0 spiro atoms. The predicted octanol–water partition coefficient (Wildman–Crippen LogP) is 2.65. The fraction of sp³-hybridized carbons (Fsp3) is 0.933. The number of hydrogen-bond acceptors (Lipinski definition) is 4. The van der Waals surface area contributed by atoms with E-state index in [1.54, 1.807) is 11.8 Å². The minimum atomic E-state index is -0.174. The number of nitriles is 1. The lowest BCUT2D eigenvalue weighted by Gasteiger charge is -2.37. The highest BCUT2D eigenvalue weighted by molar-refractivity contribution is 8.00. The second-order valence-electron chi connectivity index (χ2n) is 6.15. The van der Waals surface area contributed by atoms with Crippen molar-refractivity contribution in [2.45, 2.75) is 55.8 Å². The van der Waals surface area contributed by atoms with Crippen molar-refractivity contribution in [2.75, 3.05) is 25.9 Å². The van der Waals surface area contributed by atoms with Gasteiger partial charge in [0.2, 0.25) is 0 Å². The van der Waals surface area contributed by atoms with Gasteiger partial charge in [0, 0.05) is 19.6 Å². The van der Waals surface area contributed by atoms with Gasteiger partial charge in [-0.15, -0.1) is 11.8 Å². The van der Waals surface area contributed by atoms with Crippen LogP contribution in [0.1, 0.15) is 44.9 Å². The van der Waals surface area contributed by atoms with Crippen LogP contribution in [0.15, 0.2) is 0 Å². The van der Waals surface area contributed by atoms with Gasteiger partial charge in [-0.3, -0.25) is 0 Å². The molecule has 0 aromatic rings. The Labute approximate surface area is 121 Å². The Kier molecular flexibility index (Phi) is 5.56. The molecule has 2 aliphatic rings. The van der Waals surface area contributed by atoms with Crippen molar-refractivity contribution in [1.29, 1.82) is 5.26 Å². The number of nitrogens with zero attached hydrogens (tertiary/aromatic N) is 2. The molecule has 4 heteroatoms. The maximum Gasteiger partial charge on any atom is 0.104 e. The van der Waals surface area contributed by atoms with Crippen LogP contribution in [0.4, 0.5) is 0 Å². The highest BCUT2D eigenvalue weighted by Crippen LogP contribution is 2.34. The third-order valence-electron chi connectivity index (χ3n) is 4.81. The molecule has 1 aliphatic heterocycles. The molecule has 1 heterocycles. The molecule has 0 bridgehead atoms. The Morgan fingerprint density at radius 2 is 2.00 bits per heavy atom. The first kappa shape index (κ1) is 15.2. The predicted molar refractivity (Wildman–Crippen MR) is 80.1 cm³/mol. The molecular weight excluding hydrogens is 256 g/mol. The van der Waals surface area contributed by atoms with Crippen molar-refractivity contribution >= 4 is 11.8 Å². The van der Waals surface area contributed by atoms with E-state index in [1.165, 1.54) is 25.7 Å². The first-order chi connectivity index (χ1) is 9.17. The first-order valence-corrected chi connectivity index (χ1v) is 8.77. The second kappa shape index (κ2) is 6.97. The second-order valence-corrected chi connectivity index (χ2v) is 7.34. The first-order valence-electron chi connectivity index (χ1n) is 7.54. The normalized spacial score (nSPS) is 26.2. The van der Waals surface area contributed by atoms with Gasteiger partial charge in [0.15, 0.2) is 0 Å². The highest BCUT2D eigenvalue weighted by atomic mass is 32.2. The zero-order valence-corrected chi connectivity index (χ0v) is 12.8. The smallest absolute Gasteiger partial charge is 0.104 e. The van der Waals surface area contributed by atoms with Crippen LogP contribution in [0.25, 0.3) is 0 Å². The summed E-state index contributed by atoms with van der Waals surface area (Å²) >= 11 is 1.69. The van der Waals surface area contributed by atoms with Gasteiger partial charge >= 0.3 is 0 Å². The molecule has 1 N–H and O–H groups in total. The van der Waals surface area contributed by atoms with Crippen molar-refractivity contribution in [3.05, 3.63) is 0 Å². The molecule has 0 radical (unpaired) electrons. The molecule has 1 saturated heterocycles. The lowest BCUT2D eigenvalue weighted by molar-refractivity contribution is 0.0801. The molecule has 1 atom stereocenters. The van der Waals surface area contributed by atoms with Crippen molar-refractivity contribution < 1.29 is 5.11 Å². The Bertz CT molecular complexity index is 315. The summed E-state index contributed by atoms with van der Waals surface area (Å²) in [6.45, 7) is 2.71. The molecule has 108 valence electrons. The van der Waals surface area contributed by atoms with E-state index in [0.717, 1.165) is 44.8 Å². The Hall–Kier alpha value is -0.240. The Balaban J connectivity index is 1.71. The van der Waals surface area contributed by atoms with Gasteiger partial charge in [-0.05, 0) is 31.4 Å². The fourth-order valence-electron chi connectivity index (χ4n) is 3.46. The summed E-state index contributed by atoms with van der Waals surface area (Å²) in [5.41, 5.74) is 0. The van der Waals surface area contributed by atoms with Crippen molar-refractivity contribution in [1.82, 2.24) is 4.90 Å². The zero-order valence-electron chi connectivity index (χ0n) is 12.0. The van der Waals surface area contributed by atoms with Crippen molar-refractivity contribution in [2.24, 2.45) is 5.92 Å². The highest BCUT2D eigenvalue weighted by Gasteiger charge is 2.34. The minimum Gasteiger partial charge on any atom is -0.392 e. The van der Waals surface area contributed by atoms with E-state index in [0.29, 0.717) is 0 Å². The van der Waals surface area contributed by atoms with E-state index in [-0.39, 0.29) is 10.9 Å². The standard InChI is InChI=1S/C15H26N2OS/c1-19-15(12-16)6-8-17(9-7-15)11-14(18)10-13-4-2-3-5-13/h13-14,18H,2-11H2,1H3. The number of aliphatic hydroxyl groups is 1. The average Bonchev–Trinajstić information content (AvgIpc) is 2.93. The quantitative estimate of drug-likeness (QED) is 0.842. The summed E-state index contributed by atoms with van der Waals surface area (Å²) in [7, 11) is 0. The number of aliphatic hydroxyl groups excluding tert-OH is 1. The van der Waals surface area contributed by atoms with E-state index < -0.39 is 0 Å². The Morgan fingerprint density at radius 1 is 1.37 bits per heavy atom. The van der Waals surface area contributed by atoms with Crippen molar-refractivity contribution in [3.8, 4) is 6.07 Å². The molecule has 1 aliphatic carbocycles. The number of hydrogen-bond donors (Lipinski definition) is 1. The zero-order chi connectivity index (χ0) is 13.7. The van der Waals surface area contributed by atoms with Gasteiger partial charge in [0.1, 0.15) is 4.75 Å². The number of thioether (sulfide) groups is 1. The monoisotopic (exact) mass is 282 g/mol. The van der Waals surface area contributed by atoms with E-state index in [2.05, 4.69) is 11.0 Å². The summed E-state index contributed by atoms with van der Waals surface area (Å²) < 4.78 is -0.174. The van der Waals surface area contributed by atoms with Crippen LogP contribution in [0.5, 0.6) is 0 Å². The summed E-state index contributed by atoms with van der Waals surface area (Å²) in [5.74, 6) is 0.754. The van der Waals surface area contributed by atoms with E-state index >= 15 is 0 Å². The summed E-state index contributed by atoms with van der Waals surface area (Å²) in [5, 5.41) is 19.5. The molecule has 1 unspecified atom stereocenters. The molecular formula is C15H26N2OS.